The molecule has 2 heterocycles. The monoisotopic (exact) mass is 304 g/mol. The number of likely N-dealkylation sites (tertiary alicyclic amines) is 1. The van der Waals surface area contributed by atoms with Crippen molar-refractivity contribution in [2.75, 3.05) is 31.6 Å². The minimum absolute atomic E-state index is 0.0533. The van der Waals surface area contributed by atoms with Gasteiger partial charge in [0.05, 0.1) is 0 Å². The van der Waals surface area contributed by atoms with Crippen molar-refractivity contribution in [3.05, 3.63) is 17.6 Å². The highest BCUT2D eigenvalue weighted by Gasteiger charge is 2.20. The maximum absolute atomic E-state index is 12.7. The first-order valence-electron chi connectivity index (χ1n) is 8.48. The van der Waals surface area contributed by atoms with E-state index in [1.807, 2.05) is 24.9 Å². The van der Waals surface area contributed by atoms with Crippen LogP contribution < -0.4 is 4.90 Å². The number of nitrogens with zero attached hydrogens (tertiary/aromatic N) is 4. The molecule has 0 aliphatic carbocycles. The van der Waals surface area contributed by atoms with Crippen LogP contribution in [0.25, 0.3) is 0 Å². The fraction of sp³-hybridized carbons (Fsp3) is 0.706. The number of aromatic nitrogens is 2. The Labute approximate surface area is 133 Å². The van der Waals surface area contributed by atoms with Crippen LogP contribution in [0.1, 0.15) is 61.8 Å². The Morgan fingerprint density at radius 1 is 1.23 bits per heavy atom. The molecule has 1 aromatic rings. The first-order chi connectivity index (χ1) is 10.6. The molecule has 5 heteroatoms. The van der Waals surface area contributed by atoms with Gasteiger partial charge in [0.25, 0.3) is 5.91 Å². The van der Waals surface area contributed by atoms with Gasteiger partial charge in [-0.2, -0.15) is 0 Å². The topological polar surface area (TPSA) is 49.3 Å². The zero-order chi connectivity index (χ0) is 15.9. The summed E-state index contributed by atoms with van der Waals surface area (Å²) in [6, 6.07) is 1.84. The molecule has 5 nitrogen and oxygen atoms in total. The maximum atomic E-state index is 12.7. The third kappa shape index (κ3) is 4.42. The van der Waals surface area contributed by atoms with Gasteiger partial charge < -0.3 is 9.80 Å². The Kier molecular flexibility index (Phi) is 6.16. The van der Waals surface area contributed by atoms with E-state index in [-0.39, 0.29) is 5.91 Å². The van der Waals surface area contributed by atoms with Gasteiger partial charge in [-0.05, 0) is 26.2 Å². The van der Waals surface area contributed by atoms with Crippen molar-refractivity contribution in [1.82, 2.24) is 14.9 Å². The van der Waals surface area contributed by atoms with Crippen molar-refractivity contribution in [1.29, 1.82) is 0 Å². The Balaban J connectivity index is 2.15. The van der Waals surface area contributed by atoms with E-state index in [4.69, 9.17) is 0 Å². The van der Waals surface area contributed by atoms with Crippen LogP contribution in [-0.2, 0) is 0 Å². The highest BCUT2D eigenvalue weighted by Crippen LogP contribution is 2.16. The number of carbonyl (C=O) groups is 1. The average Bonchev–Trinajstić information content (AvgIpc) is 2.80. The Morgan fingerprint density at radius 2 is 1.91 bits per heavy atom. The summed E-state index contributed by atoms with van der Waals surface area (Å²) in [5.74, 6) is 1.57. The van der Waals surface area contributed by atoms with E-state index in [1.165, 1.54) is 12.8 Å². The molecule has 0 saturated carbocycles. The van der Waals surface area contributed by atoms with Crippen LogP contribution in [0.4, 0.5) is 5.82 Å². The van der Waals surface area contributed by atoms with Gasteiger partial charge >= 0.3 is 0 Å². The van der Waals surface area contributed by atoms with E-state index >= 15 is 0 Å². The summed E-state index contributed by atoms with van der Waals surface area (Å²) in [5.41, 5.74) is 0.535. The van der Waals surface area contributed by atoms with Crippen LogP contribution in [0.15, 0.2) is 6.07 Å². The summed E-state index contributed by atoms with van der Waals surface area (Å²) in [6.07, 6.45) is 6.90. The molecule has 22 heavy (non-hydrogen) atoms. The molecule has 1 amide bonds. The standard InChI is InChI=1S/C17H28N4O/c1-4-5-10-20(3)16-13-15(18-14(2)19-16)17(22)21-11-8-6-7-9-12-21/h13H,4-12H2,1-3H3. The molecule has 2 rings (SSSR count). The lowest BCUT2D eigenvalue weighted by molar-refractivity contribution is 0.0755. The van der Waals surface area contributed by atoms with Crippen LogP contribution in [0.2, 0.25) is 0 Å². The highest BCUT2D eigenvalue weighted by atomic mass is 16.2. The molecular formula is C17H28N4O. The molecular weight excluding hydrogens is 276 g/mol. The average molecular weight is 304 g/mol. The quantitative estimate of drug-likeness (QED) is 0.839. The summed E-state index contributed by atoms with van der Waals surface area (Å²) < 4.78 is 0. The molecule has 0 spiro atoms. The van der Waals surface area contributed by atoms with E-state index in [9.17, 15) is 4.79 Å². The highest BCUT2D eigenvalue weighted by molar-refractivity contribution is 5.93. The molecule has 0 bridgehead atoms. The van der Waals surface area contributed by atoms with Crippen LogP contribution in [0.5, 0.6) is 0 Å². The van der Waals surface area contributed by atoms with Gasteiger partial charge in [-0.25, -0.2) is 9.97 Å². The summed E-state index contributed by atoms with van der Waals surface area (Å²) in [4.78, 5) is 25.6. The lowest BCUT2D eigenvalue weighted by Crippen LogP contribution is -2.33. The van der Waals surface area contributed by atoms with Gasteiger partial charge in [0.1, 0.15) is 17.3 Å². The minimum Gasteiger partial charge on any atom is -0.360 e. The fourth-order valence-electron chi connectivity index (χ4n) is 2.80. The molecule has 1 fully saturated rings. The van der Waals surface area contributed by atoms with Crippen molar-refractivity contribution >= 4 is 11.7 Å². The van der Waals surface area contributed by atoms with E-state index in [2.05, 4.69) is 21.8 Å². The van der Waals surface area contributed by atoms with Gasteiger partial charge in [0, 0.05) is 32.7 Å². The largest absolute Gasteiger partial charge is 0.360 e. The molecule has 122 valence electrons. The molecule has 0 atom stereocenters. The maximum Gasteiger partial charge on any atom is 0.272 e. The van der Waals surface area contributed by atoms with E-state index < -0.39 is 0 Å². The Bertz CT molecular complexity index is 495. The summed E-state index contributed by atoms with van der Waals surface area (Å²) >= 11 is 0. The third-order valence-corrected chi connectivity index (χ3v) is 4.17. The smallest absolute Gasteiger partial charge is 0.272 e. The number of anilines is 1. The molecule has 0 N–H and O–H groups in total. The molecule has 1 aromatic heterocycles. The van der Waals surface area contributed by atoms with E-state index in [1.54, 1.807) is 0 Å². The SMILES string of the molecule is CCCCN(C)c1cc(C(=O)N2CCCCCC2)nc(C)n1. The summed E-state index contributed by atoms with van der Waals surface area (Å²) in [7, 11) is 2.03. The van der Waals surface area contributed by atoms with Crippen LogP contribution in [0, 0.1) is 6.92 Å². The minimum atomic E-state index is 0.0533. The second-order valence-corrected chi connectivity index (χ2v) is 6.14. The van der Waals surface area contributed by atoms with Crippen molar-refractivity contribution in [3.63, 3.8) is 0 Å². The first-order valence-corrected chi connectivity index (χ1v) is 8.48. The normalized spacial score (nSPS) is 15.5. The Morgan fingerprint density at radius 3 is 2.55 bits per heavy atom. The number of carbonyl (C=O) groups excluding carboxylic acids is 1. The second kappa shape index (κ2) is 8.11. The lowest BCUT2D eigenvalue weighted by atomic mass is 10.2. The van der Waals surface area contributed by atoms with Crippen molar-refractivity contribution < 1.29 is 4.79 Å². The molecule has 0 radical (unpaired) electrons. The number of amides is 1. The third-order valence-electron chi connectivity index (χ3n) is 4.17. The van der Waals surface area contributed by atoms with Crippen LogP contribution >= 0.6 is 0 Å². The van der Waals surface area contributed by atoms with Crippen molar-refractivity contribution in [2.24, 2.45) is 0 Å². The number of aryl methyl sites for hydroxylation is 1. The summed E-state index contributed by atoms with van der Waals surface area (Å²) in [6.45, 7) is 6.68. The molecule has 1 aliphatic heterocycles. The number of hydrogen-bond acceptors (Lipinski definition) is 4. The second-order valence-electron chi connectivity index (χ2n) is 6.14. The number of unbranched alkanes of at least 4 members (excludes halogenated alkanes) is 1. The van der Waals surface area contributed by atoms with E-state index in [0.717, 1.165) is 51.1 Å². The van der Waals surface area contributed by atoms with Crippen LogP contribution in [0.3, 0.4) is 0 Å². The van der Waals surface area contributed by atoms with Gasteiger partial charge in [-0.15, -0.1) is 0 Å². The van der Waals surface area contributed by atoms with Gasteiger partial charge in [0.2, 0.25) is 0 Å². The zero-order valence-electron chi connectivity index (χ0n) is 14.1. The molecule has 1 saturated heterocycles. The Hall–Kier alpha value is -1.65. The van der Waals surface area contributed by atoms with E-state index in [0.29, 0.717) is 11.5 Å². The van der Waals surface area contributed by atoms with Crippen molar-refractivity contribution in [2.45, 2.75) is 52.4 Å². The summed E-state index contributed by atoms with van der Waals surface area (Å²) in [5, 5.41) is 0. The molecule has 0 aromatic carbocycles. The van der Waals surface area contributed by atoms with Crippen LogP contribution in [-0.4, -0.2) is 47.5 Å². The predicted molar refractivity (Wildman–Crippen MR) is 89.3 cm³/mol. The number of rotatable bonds is 5. The lowest BCUT2D eigenvalue weighted by Gasteiger charge is -2.22. The van der Waals surface area contributed by atoms with Crippen molar-refractivity contribution in [3.8, 4) is 0 Å². The van der Waals surface area contributed by atoms with Gasteiger partial charge in [-0.3, -0.25) is 4.79 Å². The number of hydrogen-bond donors (Lipinski definition) is 0. The molecule has 0 unspecified atom stereocenters. The predicted octanol–water partition coefficient (Wildman–Crippen LogP) is 3.04. The van der Waals surface area contributed by atoms with Gasteiger partial charge in [-0.1, -0.05) is 26.2 Å². The zero-order valence-corrected chi connectivity index (χ0v) is 14.1. The molecule has 1 aliphatic rings. The fourth-order valence-corrected chi connectivity index (χ4v) is 2.80. The first kappa shape index (κ1) is 16.7. The van der Waals surface area contributed by atoms with Gasteiger partial charge in [0.15, 0.2) is 0 Å².